The molecule has 0 fully saturated rings. The van der Waals surface area contributed by atoms with Crippen LogP contribution in [0.4, 0.5) is 13.2 Å². The molecule has 26 heavy (non-hydrogen) atoms. The highest BCUT2D eigenvalue weighted by Crippen LogP contribution is 2.39. The first-order valence-electron chi connectivity index (χ1n) is 7.28. The van der Waals surface area contributed by atoms with E-state index in [1.54, 1.807) is 0 Å². The number of benzene rings is 2. The second kappa shape index (κ2) is 6.45. The first-order valence-corrected chi connectivity index (χ1v) is 8.10. The minimum Gasteiger partial charge on any atom is -0.506 e. The van der Waals surface area contributed by atoms with Crippen LogP contribution in [0.1, 0.15) is 15.9 Å². The van der Waals surface area contributed by atoms with Gasteiger partial charge in [-0.1, -0.05) is 35.6 Å². The van der Waals surface area contributed by atoms with Gasteiger partial charge in [-0.25, -0.2) is 4.79 Å². The van der Waals surface area contributed by atoms with Crippen LogP contribution < -0.4 is 4.74 Å². The molecule has 0 bridgehead atoms. The van der Waals surface area contributed by atoms with Crippen LogP contribution in [0.3, 0.4) is 0 Å². The smallest absolute Gasteiger partial charge is 0.417 e. The SMILES string of the molecule is COC(=O)c1c(O)c2ccc(-c3ccccc3C(F)(F)F)cc2sc1=O. The van der Waals surface area contributed by atoms with E-state index in [0.717, 1.165) is 13.2 Å². The van der Waals surface area contributed by atoms with Crippen LogP contribution in [0.5, 0.6) is 5.75 Å². The number of rotatable bonds is 2. The van der Waals surface area contributed by atoms with Gasteiger partial charge in [0, 0.05) is 10.1 Å². The molecule has 1 N–H and O–H groups in total. The lowest BCUT2D eigenvalue weighted by Gasteiger charge is -2.13. The number of hydrogen-bond donors (Lipinski definition) is 1. The first kappa shape index (κ1) is 17.9. The molecule has 0 radical (unpaired) electrons. The predicted molar refractivity (Wildman–Crippen MR) is 91.5 cm³/mol. The number of hydrogen-bond acceptors (Lipinski definition) is 5. The fourth-order valence-corrected chi connectivity index (χ4v) is 3.56. The summed E-state index contributed by atoms with van der Waals surface area (Å²) in [6, 6.07) is 9.22. The topological polar surface area (TPSA) is 63.6 Å². The van der Waals surface area contributed by atoms with E-state index in [-0.39, 0.29) is 21.2 Å². The number of carbonyl (C=O) groups is 1. The van der Waals surface area contributed by atoms with Crippen molar-refractivity contribution in [1.82, 2.24) is 0 Å². The second-order valence-electron chi connectivity index (χ2n) is 5.36. The Hall–Kier alpha value is -2.87. The number of fused-ring (bicyclic) bond motifs is 1. The quantitative estimate of drug-likeness (QED) is 0.668. The van der Waals surface area contributed by atoms with Crippen LogP contribution >= 0.6 is 11.3 Å². The number of carbonyl (C=O) groups excluding carboxylic acids is 1. The lowest BCUT2D eigenvalue weighted by molar-refractivity contribution is -0.137. The standard InChI is InChI=1S/C18H11F3O4S/c1-25-16(23)14-15(22)11-7-6-9(8-13(11)26-17(14)24)10-4-2-3-5-12(10)18(19,20)21/h2-8,22H,1H3. The summed E-state index contributed by atoms with van der Waals surface area (Å²) < 4.78 is 43.7. The molecule has 0 saturated heterocycles. The zero-order chi connectivity index (χ0) is 19.1. The highest BCUT2D eigenvalue weighted by atomic mass is 32.1. The van der Waals surface area contributed by atoms with Gasteiger partial charge in [0.2, 0.25) is 0 Å². The van der Waals surface area contributed by atoms with Crippen molar-refractivity contribution < 1.29 is 27.8 Å². The van der Waals surface area contributed by atoms with Crippen molar-refractivity contribution in [3.8, 4) is 16.9 Å². The third-order valence-corrected chi connectivity index (χ3v) is 4.76. The Morgan fingerprint density at radius 2 is 1.85 bits per heavy atom. The van der Waals surface area contributed by atoms with Crippen molar-refractivity contribution in [1.29, 1.82) is 0 Å². The molecule has 3 aromatic rings. The number of ether oxygens (including phenoxy) is 1. The summed E-state index contributed by atoms with van der Waals surface area (Å²) >= 11 is 0.651. The molecule has 0 saturated carbocycles. The van der Waals surface area contributed by atoms with Crippen molar-refractivity contribution in [3.63, 3.8) is 0 Å². The molecule has 0 aliphatic heterocycles. The van der Waals surface area contributed by atoms with Crippen LogP contribution in [0.25, 0.3) is 21.2 Å². The minimum atomic E-state index is -4.53. The molecule has 2 aromatic carbocycles. The van der Waals surface area contributed by atoms with Gasteiger partial charge in [-0.05, 0) is 29.3 Å². The molecular formula is C18H11F3O4S. The molecule has 8 heteroatoms. The predicted octanol–water partition coefficient (Wildman–Crippen LogP) is 4.44. The molecule has 4 nitrogen and oxygen atoms in total. The van der Waals surface area contributed by atoms with Crippen LogP contribution in [0.15, 0.2) is 47.3 Å². The average Bonchev–Trinajstić information content (AvgIpc) is 2.60. The van der Waals surface area contributed by atoms with Gasteiger partial charge in [0.15, 0.2) is 5.56 Å². The summed E-state index contributed by atoms with van der Waals surface area (Å²) in [6.45, 7) is 0. The molecule has 0 unspecified atom stereocenters. The normalized spacial score (nSPS) is 11.5. The zero-order valence-electron chi connectivity index (χ0n) is 13.3. The monoisotopic (exact) mass is 380 g/mol. The van der Waals surface area contributed by atoms with E-state index in [0.29, 0.717) is 11.3 Å². The molecular weight excluding hydrogens is 369 g/mol. The Balaban J connectivity index is 2.25. The van der Waals surface area contributed by atoms with E-state index < -0.39 is 33.8 Å². The molecule has 1 heterocycles. The highest BCUT2D eigenvalue weighted by molar-refractivity contribution is 7.16. The average molecular weight is 380 g/mol. The molecule has 1 aromatic heterocycles. The summed E-state index contributed by atoms with van der Waals surface area (Å²) in [4.78, 5) is 23.7. The summed E-state index contributed by atoms with van der Waals surface area (Å²) in [5, 5.41) is 10.4. The van der Waals surface area contributed by atoms with Crippen LogP contribution in [-0.4, -0.2) is 18.2 Å². The van der Waals surface area contributed by atoms with Gasteiger partial charge in [0.25, 0.3) is 4.74 Å². The zero-order valence-corrected chi connectivity index (χ0v) is 14.1. The van der Waals surface area contributed by atoms with Crippen molar-refractivity contribution in [2.45, 2.75) is 6.18 Å². The van der Waals surface area contributed by atoms with Gasteiger partial charge >= 0.3 is 12.1 Å². The number of halogens is 3. The van der Waals surface area contributed by atoms with Gasteiger partial charge in [-0.15, -0.1) is 0 Å². The van der Waals surface area contributed by atoms with Crippen LogP contribution in [-0.2, 0) is 10.9 Å². The van der Waals surface area contributed by atoms with Gasteiger partial charge in [-0.3, -0.25) is 4.79 Å². The second-order valence-corrected chi connectivity index (χ2v) is 6.37. The van der Waals surface area contributed by atoms with Crippen LogP contribution in [0.2, 0.25) is 0 Å². The van der Waals surface area contributed by atoms with Crippen molar-refractivity contribution in [2.24, 2.45) is 0 Å². The maximum Gasteiger partial charge on any atom is 0.417 e. The number of esters is 1. The summed E-state index contributed by atoms with van der Waals surface area (Å²) in [7, 11) is 1.08. The lowest BCUT2D eigenvalue weighted by atomic mass is 9.98. The molecule has 0 aliphatic rings. The van der Waals surface area contributed by atoms with Crippen molar-refractivity contribution in [2.75, 3.05) is 7.11 Å². The molecule has 0 spiro atoms. The van der Waals surface area contributed by atoms with Gasteiger partial charge in [0.05, 0.1) is 12.7 Å². The maximum absolute atomic E-state index is 13.2. The van der Waals surface area contributed by atoms with Crippen molar-refractivity contribution in [3.05, 3.63) is 63.1 Å². The lowest BCUT2D eigenvalue weighted by Crippen LogP contribution is -2.13. The molecule has 3 rings (SSSR count). The Morgan fingerprint density at radius 3 is 2.50 bits per heavy atom. The Labute approximate surface area is 149 Å². The number of methoxy groups -OCH3 is 1. The van der Waals surface area contributed by atoms with Crippen LogP contribution in [0, 0.1) is 0 Å². The third kappa shape index (κ3) is 3.03. The Bertz CT molecular complexity index is 1070. The molecule has 0 aliphatic carbocycles. The summed E-state index contributed by atoms with van der Waals surface area (Å²) in [5.41, 5.74) is -1.10. The highest BCUT2D eigenvalue weighted by Gasteiger charge is 2.33. The Kier molecular flexibility index (Phi) is 4.45. The number of aromatic hydroxyl groups is 1. The summed E-state index contributed by atoms with van der Waals surface area (Å²) in [6.07, 6.45) is -4.53. The van der Waals surface area contributed by atoms with E-state index in [1.165, 1.54) is 36.4 Å². The summed E-state index contributed by atoms with van der Waals surface area (Å²) in [5.74, 6) is -1.52. The third-order valence-electron chi connectivity index (χ3n) is 3.81. The van der Waals surface area contributed by atoms with E-state index in [9.17, 15) is 27.9 Å². The maximum atomic E-state index is 13.2. The molecule has 0 atom stereocenters. The first-order chi connectivity index (χ1) is 12.2. The van der Waals surface area contributed by atoms with Crippen molar-refractivity contribution >= 4 is 27.4 Å². The van der Waals surface area contributed by atoms with Gasteiger partial charge in [0.1, 0.15) is 5.75 Å². The van der Waals surface area contributed by atoms with Gasteiger partial charge in [-0.2, -0.15) is 13.2 Å². The van der Waals surface area contributed by atoms with E-state index >= 15 is 0 Å². The van der Waals surface area contributed by atoms with Gasteiger partial charge < -0.3 is 9.84 Å². The molecule has 134 valence electrons. The molecule has 0 amide bonds. The fourth-order valence-electron chi connectivity index (χ4n) is 2.62. The fraction of sp³-hybridized carbons (Fsp3) is 0.111. The largest absolute Gasteiger partial charge is 0.506 e. The van der Waals surface area contributed by atoms with E-state index in [1.807, 2.05) is 0 Å². The Morgan fingerprint density at radius 1 is 1.15 bits per heavy atom. The van der Waals surface area contributed by atoms with E-state index in [2.05, 4.69) is 4.74 Å². The minimum absolute atomic E-state index is 0.0434. The number of alkyl halides is 3. The van der Waals surface area contributed by atoms with E-state index in [4.69, 9.17) is 0 Å².